The molecule has 3 N–H and O–H groups in total. The molecular weight excluding hydrogens is 276 g/mol. The third-order valence-electron chi connectivity index (χ3n) is 3.15. The topological polar surface area (TPSA) is 85.3 Å². The average molecular weight is 294 g/mol. The zero-order valence-corrected chi connectivity index (χ0v) is 12.5. The Morgan fingerprint density at radius 2 is 1.85 bits per heavy atom. The van der Waals surface area contributed by atoms with Gasteiger partial charge in [-0.3, -0.25) is 0 Å². The molecular formula is C14H18N2O3S. The molecule has 0 unspecified atom stereocenters. The summed E-state index contributed by atoms with van der Waals surface area (Å²) < 4.78 is 32.7. The summed E-state index contributed by atoms with van der Waals surface area (Å²) in [5, 5.41) is 0. The molecule has 0 aliphatic heterocycles. The summed E-state index contributed by atoms with van der Waals surface area (Å²) in [7, 11) is -3.62. The van der Waals surface area contributed by atoms with Gasteiger partial charge in [0.1, 0.15) is 11.5 Å². The normalized spacial score (nSPS) is 11.8. The zero-order chi connectivity index (χ0) is 14.9. The molecule has 1 heterocycles. The lowest BCUT2D eigenvalue weighted by molar-refractivity contribution is 0.475. The van der Waals surface area contributed by atoms with Crippen LogP contribution in [0.2, 0.25) is 0 Å². The zero-order valence-electron chi connectivity index (χ0n) is 11.7. The highest BCUT2D eigenvalue weighted by molar-refractivity contribution is 7.89. The highest BCUT2D eigenvalue weighted by Gasteiger charge is 2.20. The molecule has 0 radical (unpaired) electrons. The maximum absolute atomic E-state index is 12.4. The predicted octanol–water partition coefficient (Wildman–Crippen LogP) is 2.27. The molecule has 0 amide bonds. The van der Waals surface area contributed by atoms with E-state index in [4.69, 9.17) is 10.2 Å². The minimum absolute atomic E-state index is 0.115. The first-order valence-corrected chi connectivity index (χ1v) is 7.70. The van der Waals surface area contributed by atoms with Crippen LogP contribution in [0.3, 0.4) is 0 Å². The molecule has 0 atom stereocenters. The first-order valence-electron chi connectivity index (χ1n) is 6.22. The standard InChI is InChI=1S/C14H18N2O3S/c1-9-4-7-13(15)11(3)14(9)20(17,18)16-8-12-6-5-10(2)19-12/h4-7,16H,8,15H2,1-3H3. The van der Waals surface area contributed by atoms with E-state index < -0.39 is 10.0 Å². The van der Waals surface area contributed by atoms with Crippen LogP contribution in [0.5, 0.6) is 0 Å². The van der Waals surface area contributed by atoms with Crippen LogP contribution in [0, 0.1) is 20.8 Å². The molecule has 6 heteroatoms. The van der Waals surface area contributed by atoms with Crippen molar-refractivity contribution in [2.45, 2.75) is 32.2 Å². The lowest BCUT2D eigenvalue weighted by atomic mass is 10.1. The van der Waals surface area contributed by atoms with Gasteiger partial charge in [-0.25, -0.2) is 13.1 Å². The van der Waals surface area contributed by atoms with Gasteiger partial charge in [-0.2, -0.15) is 0 Å². The van der Waals surface area contributed by atoms with Crippen molar-refractivity contribution in [3.05, 3.63) is 46.9 Å². The van der Waals surface area contributed by atoms with Gasteiger partial charge in [0.2, 0.25) is 10.0 Å². The molecule has 108 valence electrons. The van der Waals surface area contributed by atoms with Crippen molar-refractivity contribution >= 4 is 15.7 Å². The predicted molar refractivity (Wildman–Crippen MR) is 77.8 cm³/mol. The van der Waals surface area contributed by atoms with E-state index in [9.17, 15) is 8.42 Å². The third kappa shape index (κ3) is 2.86. The summed E-state index contributed by atoms with van der Waals surface area (Å²) in [5.74, 6) is 1.32. The Morgan fingerprint density at radius 3 is 2.45 bits per heavy atom. The Labute approximate surface area is 118 Å². The molecule has 0 fully saturated rings. The summed E-state index contributed by atoms with van der Waals surface area (Å²) in [6, 6.07) is 6.95. The summed E-state index contributed by atoms with van der Waals surface area (Å²) in [6.07, 6.45) is 0. The maximum atomic E-state index is 12.4. The first kappa shape index (κ1) is 14.6. The van der Waals surface area contributed by atoms with E-state index in [2.05, 4.69) is 4.72 Å². The number of anilines is 1. The molecule has 0 saturated heterocycles. The Balaban J connectivity index is 2.29. The van der Waals surface area contributed by atoms with Crippen molar-refractivity contribution < 1.29 is 12.8 Å². The monoisotopic (exact) mass is 294 g/mol. The van der Waals surface area contributed by atoms with Crippen LogP contribution in [0.1, 0.15) is 22.6 Å². The van der Waals surface area contributed by atoms with Crippen molar-refractivity contribution in [3.8, 4) is 0 Å². The molecule has 0 spiro atoms. The van der Waals surface area contributed by atoms with Crippen molar-refractivity contribution in [3.63, 3.8) is 0 Å². The van der Waals surface area contributed by atoms with E-state index in [0.29, 0.717) is 22.6 Å². The van der Waals surface area contributed by atoms with E-state index in [1.807, 2.05) is 6.92 Å². The van der Waals surface area contributed by atoms with Crippen molar-refractivity contribution in [2.75, 3.05) is 5.73 Å². The Kier molecular flexibility index (Phi) is 3.87. The molecule has 0 aliphatic carbocycles. The highest BCUT2D eigenvalue weighted by atomic mass is 32.2. The molecule has 5 nitrogen and oxygen atoms in total. The van der Waals surface area contributed by atoms with Gasteiger partial charge in [0.25, 0.3) is 0 Å². The minimum atomic E-state index is -3.62. The summed E-state index contributed by atoms with van der Waals surface area (Å²) >= 11 is 0. The average Bonchev–Trinajstić information content (AvgIpc) is 2.78. The number of benzene rings is 1. The summed E-state index contributed by atoms with van der Waals surface area (Å²) in [4.78, 5) is 0.237. The van der Waals surface area contributed by atoms with E-state index in [0.717, 1.165) is 5.76 Å². The second-order valence-electron chi connectivity index (χ2n) is 4.76. The van der Waals surface area contributed by atoms with Gasteiger partial charge in [0, 0.05) is 5.69 Å². The molecule has 0 bridgehead atoms. The van der Waals surface area contributed by atoms with Crippen LogP contribution < -0.4 is 10.5 Å². The Bertz CT molecular complexity index is 733. The van der Waals surface area contributed by atoms with E-state index in [-0.39, 0.29) is 11.4 Å². The summed E-state index contributed by atoms with van der Waals surface area (Å²) in [6.45, 7) is 5.38. The lowest BCUT2D eigenvalue weighted by Gasteiger charge is -2.13. The number of rotatable bonds is 4. The van der Waals surface area contributed by atoms with Crippen LogP contribution in [0.4, 0.5) is 5.69 Å². The number of hydrogen-bond donors (Lipinski definition) is 2. The van der Waals surface area contributed by atoms with Crippen LogP contribution >= 0.6 is 0 Å². The quantitative estimate of drug-likeness (QED) is 0.847. The molecule has 2 rings (SSSR count). The fraction of sp³-hybridized carbons (Fsp3) is 0.286. The fourth-order valence-electron chi connectivity index (χ4n) is 2.07. The SMILES string of the molecule is Cc1ccc(CNS(=O)(=O)c2c(C)ccc(N)c2C)o1. The second kappa shape index (κ2) is 5.30. The number of nitrogens with one attached hydrogen (secondary N) is 1. The number of sulfonamides is 1. The van der Waals surface area contributed by atoms with Gasteiger partial charge in [-0.15, -0.1) is 0 Å². The van der Waals surface area contributed by atoms with Crippen LogP contribution in [-0.4, -0.2) is 8.42 Å². The smallest absolute Gasteiger partial charge is 0.241 e. The third-order valence-corrected chi connectivity index (χ3v) is 4.84. The molecule has 1 aromatic carbocycles. The number of nitrogens with two attached hydrogens (primary N) is 1. The second-order valence-corrected chi connectivity index (χ2v) is 6.47. The molecule has 20 heavy (non-hydrogen) atoms. The first-order chi connectivity index (χ1) is 9.31. The van der Waals surface area contributed by atoms with E-state index in [1.165, 1.54) is 0 Å². The van der Waals surface area contributed by atoms with Gasteiger partial charge in [0.05, 0.1) is 11.4 Å². The maximum Gasteiger partial charge on any atom is 0.241 e. The van der Waals surface area contributed by atoms with Gasteiger partial charge in [-0.05, 0) is 50.1 Å². The van der Waals surface area contributed by atoms with E-state index in [1.54, 1.807) is 38.1 Å². The summed E-state index contributed by atoms with van der Waals surface area (Å²) in [5.41, 5.74) is 7.48. The van der Waals surface area contributed by atoms with Crippen LogP contribution in [0.15, 0.2) is 33.6 Å². The molecule has 0 aliphatic rings. The molecule has 0 saturated carbocycles. The van der Waals surface area contributed by atoms with Gasteiger partial charge in [-0.1, -0.05) is 6.07 Å². The largest absolute Gasteiger partial charge is 0.465 e. The van der Waals surface area contributed by atoms with E-state index >= 15 is 0 Å². The highest BCUT2D eigenvalue weighted by Crippen LogP contribution is 2.24. The Morgan fingerprint density at radius 1 is 1.15 bits per heavy atom. The number of hydrogen-bond acceptors (Lipinski definition) is 4. The van der Waals surface area contributed by atoms with Crippen molar-refractivity contribution in [1.29, 1.82) is 0 Å². The van der Waals surface area contributed by atoms with Gasteiger partial charge >= 0.3 is 0 Å². The lowest BCUT2D eigenvalue weighted by Crippen LogP contribution is -2.25. The van der Waals surface area contributed by atoms with Gasteiger partial charge < -0.3 is 10.2 Å². The van der Waals surface area contributed by atoms with Crippen LogP contribution in [-0.2, 0) is 16.6 Å². The number of furan rings is 1. The van der Waals surface area contributed by atoms with Crippen molar-refractivity contribution in [1.82, 2.24) is 4.72 Å². The fourth-order valence-corrected chi connectivity index (χ4v) is 3.56. The number of nitrogen functional groups attached to an aromatic ring is 1. The minimum Gasteiger partial charge on any atom is -0.465 e. The molecule has 1 aromatic heterocycles. The molecule has 2 aromatic rings. The Hall–Kier alpha value is -1.79. The van der Waals surface area contributed by atoms with Gasteiger partial charge in [0.15, 0.2) is 0 Å². The van der Waals surface area contributed by atoms with Crippen molar-refractivity contribution in [2.24, 2.45) is 0 Å². The number of aryl methyl sites for hydroxylation is 2. The van der Waals surface area contributed by atoms with Crippen LogP contribution in [0.25, 0.3) is 0 Å².